The zero-order valence-corrected chi connectivity index (χ0v) is 11.2. The fourth-order valence-electron chi connectivity index (χ4n) is 1.88. The molecule has 0 radical (unpaired) electrons. The average Bonchev–Trinajstić information content (AvgIpc) is 2.48. The molecule has 0 aliphatic rings. The van der Waals surface area contributed by atoms with Crippen LogP contribution < -0.4 is 0 Å². The molecular weight excluding hydrogens is 255 g/mol. The number of hydrogen-bond acceptors (Lipinski definition) is 2. The smallest absolute Gasteiger partial charge is 0.165 e. The third-order valence-electron chi connectivity index (χ3n) is 3.02. The van der Waals surface area contributed by atoms with E-state index in [9.17, 15) is 9.18 Å². The lowest BCUT2D eigenvalue weighted by atomic mass is 10.1. The molecule has 0 unspecified atom stereocenters. The summed E-state index contributed by atoms with van der Waals surface area (Å²) < 4.78 is 18.2. The summed E-state index contributed by atoms with van der Waals surface area (Å²) in [7, 11) is 0. The van der Waals surface area contributed by atoms with E-state index in [1.165, 1.54) is 29.8 Å². The molecule has 0 aliphatic heterocycles. The first-order chi connectivity index (χ1) is 9.75. The lowest BCUT2D eigenvalue weighted by Gasteiger charge is -2.04. The van der Waals surface area contributed by atoms with Gasteiger partial charge in [0, 0.05) is 12.0 Å². The van der Waals surface area contributed by atoms with E-state index in [1.807, 2.05) is 30.3 Å². The molecule has 2 nitrogen and oxygen atoms in total. The maximum absolute atomic E-state index is 12.7. The van der Waals surface area contributed by atoms with Crippen molar-refractivity contribution in [2.45, 2.75) is 12.8 Å². The molecule has 0 saturated carbocycles. The highest BCUT2D eigenvalue weighted by molar-refractivity contribution is 5.96. The summed E-state index contributed by atoms with van der Waals surface area (Å²) >= 11 is 0. The van der Waals surface area contributed by atoms with Gasteiger partial charge in [-0.25, -0.2) is 4.39 Å². The second-order valence-electron chi connectivity index (χ2n) is 4.53. The molecule has 3 heteroatoms. The number of Topliss-reactive ketones (excluding diaryl/α,β-unsaturated/α-hetero) is 1. The monoisotopic (exact) mass is 272 g/mol. The van der Waals surface area contributed by atoms with Crippen molar-refractivity contribution in [3.8, 4) is 0 Å². The molecule has 0 bridgehead atoms. The molecule has 0 heterocycles. The number of hydrogen-bond donors (Lipinski definition) is 0. The number of halogens is 1. The maximum Gasteiger partial charge on any atom is 0.165 e. The molecule has 0 amide bonds. The molecule has 0 fully saturated rings. The van der Waals surface area contributed by atoms with E-state index in [-0.39, 0.29) is 11.6 Å². The Hall–Kier alpha value is -2.00. The van der Waals surface area contributed by atoms with E-state index in [0.29, 0.717) is 25.2 Å². The zero-order chi connectivity index (χ0) is 14.2. The molecule has 0 atom stereocenters. The molecule has 2 aromatic rings. The second kappa shape index (κ2) is 7.56. The van der Waals surface area contributed by atoms with Gasteiger partial charge in [0.05, 0.1) is 13.2 Å². The fourth-order valence-corrected chi connectivity index (χ4v) is 1.88. The highest BCUT2D eigenvalue weighted by atomic mass is 19.1. The van der Waals surface area contributed by atoms with Crippen LogP contribution in [0.1, 0.15) is 22.3 Å². The Kier molecular flexibility index (Phi) is 5.44. The van der Waals surface area contributed by atoms with Crippen molar-refractivity contribution in [2.24, 2.45) is 0 Å². The minimum Gasteiger partial charge on any atom is -0.381 e. The van der Waals surface area contributed by atoms with Gasteiger partial charge in [-0.05, 0) is 36.2 Å². The number of ether oxygens (including phenoxy) is 1. The Bertz CT molecular complexity index is 535. The predicted octanol–water partition coefficient (Wildman–Crippen LogP) is 3.66. The summed E-state index contributed by atoms with van der Waals surface area (Å²) in [6, 6.07) is 15.7. The summed E-state index contributed by atoms with van der Waals surface area (Å²) in [5.74, 6) is -0.356. The summed E-state index contributed by atoms with van der Waals surface area (Å²) in [5, 5.41) is 0. The van der Waals surface area contributed by atoms with Crippen molar-refractivity contribution >= 4 is 5.78 Å². The third kappa shape index (κ3) is 4.59. The highest BCUT2D eigenvalue weighted by Gasteiger charge is 2.05. The van der Waals surface area contributed by atoms with Gasteiger partial charge in [-0.15, -0.1) is 0 Å². The van der Waals surface area contributed by atoms with E-state index < -0.39 is 0 Å². The first kappa shape index (κ1) is 14.4. The number of rotatable bonds is 7. The number of carbonyl (C=O) groups is 1. The minimum absolute atomic E-state index is 0.0234. The molecule has 0 aliphatic carbocycles. The molecule has 104 valence electrons. The largest absolute Gasteiger partial charge is 0.381 e. The molecule has 0 aromatic heterocycles. The van der Waals surface area contributed by atoms with Gasteiger partial charge in [0.2, 0.25) is 0 Å². The van der Waals surface area contributed by atoms with Crippen LogP contribution in [0.5, 0.6) is 0 Å². The maximum atomic E-state index is 12.7. The lowest BCUT2D eigenvalue weighted by Crippen LogP contribution is -2.06. The third-order valence-corrected chi connectivity index (χ3v) is 3.02. The van der Waals surface area contributed by atoms with Crippen molar-refractivity contribution in [1.82, 2.24) is 0 Å². The van der Waals surface area contributed by atoms with Crippen molar-refractivity contribution < 1.29 is 13.9 Å². The van der Waals surface area contributed by atoms with E-state index in [4.69, 9.17) is 4.74 Å². The van der Waals surface area contributed by atoms with Crippen LogP contribution in [0.3, 0.4) is 0 Å². The Morgan fingerprint density at radius 3 is 2.35 bits per heavy atom. The highest BCUT2D eigenvalue weighted by Crippen LogP contribution is 2.06. The van der Waals surface area contributed by atoms with Crippen LogP contribution in [0.25, 0.3) is 0 Å². The van der Waals surface area contributed by atoms with Crippen LogP contribution in [0.15, 0.2) is 54.6 Å². The van der Waals surface area contributed by atoms with Crippen LogP contribution in [-0.4, -0.2) is 19.0 Å². The van der Waals surface area contributed by atoms with Crippen LogP contribution in [0.4, 0.5) is 4.39 Å². The second-order valence-corrected chi connectivity index (χ2v) is 4.53. The van der Waals surface area contributed by atoms with Gasteiger partial charge >= 0.3 is 0 Å². The van der Waals surface area contributed by atoms with E-state index in [2.05, 4.69) is 0 Å². The zero-order valence-electron chi connectivity index (χ0n) is 11.2. The first-order valence-corrected chi connectivity index (χ1v) is 6.66. The number of benzene rings is 2. The SMILES string of the molecule is O=C(CCOCCc1ccccc1)c1ccc(F)cc1. The predicted molar refractivity (Wildman–Crippen MR) is 76.3 cm³/mol. The van der Waals surface area contributed by atoms with Crippen LogP contribution in [0, 0.1) is 5.82 Å². The number of carbonyl (C=O) groups excluding carboxylic acids is 1. The van der Waals surface area contributed by atoms with Crippen LogP contribution in [-0.2, 0) is 11.2 Å². The summed E-state index contributed by atoms with van der Waals surface area (Å²) in [6.07, 6.45) is 1.16. The normalized spacial score (nSPS) is 10.4. The summed E-state index contributed by atoms with van der Waals surface area (Å²) in [5.41, 5.74) is 1.75. The molecular formula is C17H17FO2. The van der Waals surface area contributed by atoms with Crippen LogP contribution in [0.2, 0.25) is 0 Å². The molecule has 0 saturated heterocycles. The first-order valence-electron chi connectivity index (χ1n) is 6.66. The Balaban J connectivity index is 1.66. The van der Waals surface area contributed by atoms with Gasteiger partial charge in [-0.3, -0.25) is 4.79 Å². The van der Waals surface area contributed by atoms with Gasteiger partial charge < -0.3 is 4.74 Å². The minimum atomic E-state index is -0.333. The topological polar surface area (TPSA) is 26.3 Å². The molecule has 2 aromatic carbocycles. The lowest BCUT2D eigenvalue weighted by molar-refractivity contribution is 0.0882. The average molecular weight is 272 g/mol. The molecule has 0 spiro atoms. The summed E-state index contributed by atoms with van der Waals surface area (Å²) in [6.45, 7) is 0.990. The van der Waals surface area contributed by atoms with E-state index in [0.717, 1.165) is 6.42 Å². The van der Waals surface area contributed by atoms with Crippen molar-refractivity contribution in [3.63, 3.8) is 0 Å². The number of ketones is 1. The Morgan fingerprint density at radius 2 is 1.65 bits per heavy atom. The molecule has 2 rings (SSSR count). The standard InChI is InChI=1S/C17H17FO2/c18-16-8-6-15(7-9-16)17(19)11-13-20-12-10-14-4-2-1-3-5-14/h1-9H,10-13H2. The molecule has 20 heavy (non-hydrogen) atoms. The molecule has 0 N–H and O–H groups in total. The van der Waals surface area contributed by atoms with Crippen LogP contribution >= 0.6 is 0 Å². The van der Waals surface area contributed by atoms with Gasteiger partial charge in [0.25, 0.3) is 0 Å². The van der Waals surface area contributed by atoms with Crippen molar-refractivity contribution in [1.29, 1.82) is 0 Å². The van der Waals surface area contributed by atoms with Crippen molar-refractivity contribution in [3.05, 3.63) is 71.5 Å². The Labute approximate surface area is 118 Å². The Morgan fingerprint density at radius 1 is 0.950 bits per heavy atom. The van der Waals surface area contributed by atoms with Gasteiger partial charge in [0.15, 0.2) is 5.78 Å². The van der Waals surface area contributed by atoms with Crippen molar-refractivity contribution in [2.75, 3.05) is 13.2 Å². The summed E-state index contributed by atoms with van der Waals surface area (Å²) in [4.78, 5) is 11.8. The quantitative estimate of drug-likeness (QED) is 0.568. The van der Waals surface area contributed by atoms with Gasteiger partial charge in [-0.1, -0.05) is 30.3 Å². The van der Waals surface area contributed by atoms with Gasteiger partial charge in [-0.2, -0.15) is 0 Å². The fraction of sp³-hybridized carbons (Fsp3) is 0.235. The van der Waals surface area contributed by atoms with Gasteiger partial charge in [0.1, 0.15) is 5.82 Å². The van der Waals surface area contributed by atoms with E-state index >= 15 is 0 Å². The van der Waals surface area contributed by atoms with E-state index in [1.54, 1.807) is 0 Å².